The van der Waals surface area contributed by atoms with E-state index in [-0.39, 0.29) is 5.56 Å². The maximum absolute atomic E-state index is 13.1. The van der Waals surface area contributed by atoms with E-state index in [2.05, 4.69) is 22.5 Å². The molecule has 5 heterocycles. The van der Waals surface area contributed by atoms with Crippen molar-refractivity contribution in [2.24, 2.45) is 5.73 Å². The molecule has 1 fully saturated rings. The summed E-state index contributed by atoms with van der Waals surface area (Å²) in [5.74, 6) is -0.165. The number of hydrogen-bond acceptors (Lipinski definition) is 9. The Balaban J connectivity index is 0.000000421. The molecule has 2 N–H and O–H groups in total. The van der Waals surface area contributed by atoms with Crippen molar-refractivity contribution in [1.29, 1.82) is 0 Å². The van der Waals surface area contributed by atoms with Gasteiger partial charge in [0.25, 0.3) is 5.56 Å². The summed E-state index contributed by atoms with van der Waals surface area (Å²) in [5.41, 5.74) is 8.51. The number of nitrogens with two attached hydrogens (primary N) is 1. The van der Waals surface area contributed by atoms with Crippen LogP contribution in [-0.4, -0.2) is 77.5 Å². The number of methoxy groups -OCH3 is 1. The number of benzene rings is 1. The topological polar surface area (TPSA) is 110 Å². The summed E-state index contributed by atoms with van der Waals surface area (Å²) in [6.45, 7) is 3.91. The van der Waals surface area contributed by atoms with Crippen LogP contribution in [0.3, 0.4) is 0 Å². The molecule has 0 amide bonds. The first kappa shape index (κ1) is 25.7. The van der Waals surface area contributed by atoms with Gasteiger partial charge in [-0.25, -0.2) is 14.6 Å². The normalized spacial score (nSPS) is 16.3. The number of nitrogens with zero attached hydrogens (tertiary/aromatic N) is 5. The Kier molecular flexibility index (Phi) is 7.24. The molecule has 0 aliphatic carbocycles. The third-order valence-electron chi connectivity index (χ3n) is 6.64. The van der Waals surface area contributed by atoms with Crippen LogP contribution in [0.4, 0.5) is 0 Å². The zero-order chi connectivity index (χ0) is 26.2. The highest BCUT2D eigenvalue weighted by Crippen LogP contribution is 2.32. The predicted molar refractivity (Wildman–Crippen MR) is 145 cm³/mol. The molecule has 196 valence electrons. The highest BCUT2D eigenvalue weighted by Gasteiger charge is 2.41. The van der Waals surface area contributed by atoms with Crippen molar-refractivity contribution in [3.8, 4) is 17.0 Å². The summed E-state index contributed by atoms with van der Waals surface area (Å²) in [4.78, 5) is 24.9. The van der Waals surface area contributed by atoms with Crippen LogP contribution >= 0.6 is 12.6 Å². The van der Waals surface area contributed by atoms with Crippen molar-refractivity contribution < 1.29 is 14.2 Å². The average molecular weight is 525 g/mol. The first-order valence-electron chi connectivity index (χ1n) is 12.2. The number of ether oxygens (including phenoxy) is 3. The molecule has 2 aliphatic rings. The van der Waals surface area contributed by atoms with Crippen LogP contribution in [0.2, 0.25) is 0 Å². The van der Waals surface area contributed by atoms with Crippen LogP contribution in [0, 0.1) is 0 Å². The number of rotatable bonds is 4. The lowest BCUT2D eigenvalue weighted by molar-refractivity contribution is -0.187. The van der Waals surface area contributed by atoms with Crippen molar-refractivity contribution in [2.75, 3.05) is 47.5 Å². The Morgan fingerprint density at radius 3 is 2.59 bits per heavy atom. The first-order chi connectivity index (χ1) is 17.8. The number of fused-ring (bicyclic) bond motifs is 4. The van der Waals surface area contributed by atoms with Crippen LogP contribution < -0.4 is 16.0 Å². The number of hydrogen-bond donors (Lipinski definition) is 2. The van der Waals surface area contributed by atoms with E-state index >= 15 is 0 Å². The summed E-state index contributed by atoms with van der Waals surface area (Å²) in [6.07, 6.45) is 2.40. The number of thiol groups is 1. The van der Waals surface area contributed by atoms with E-state index in [1.54, 1.807) is 18.0 Å². The standard InChI is InChI=1S/C22H20N4O4S.C4H12N2/c1-28-20-18(31)10-15(11-23-20)13-2-3-17-14(8-13)9-16-19(24-17)26-12-22(29-6-7-30-22)4-5-25(26)21(16)27;1-6(2)4-3-5/h2-3,8-11,31H,4-7,12H2,1H3;3-5H2,1-2H3. The second-order valence-electron chi connectivity index (χ2n) is 9.45. The molecular weight excluding hydrogens is 492 g/mol. The smallest absolute Gasteiger partial charge is 0.276 e. The third kappa shape index (κ3) is 4.97. The maximum Gasteiger partial charge on any atom is 0.276 e. The van der Waals surface area contributed by atoms with Crippen LogP contribution in [0.15, 0.2) is 46.2 Å². The van der Waals surface area contributed by atoms with Gasteiger partial charge < -0.3 is 24.8 Å². The van der Waals surface area contributed by atoms with E-state index in [9.17, 15) is 4.79 Å². The Morgan fingerprint density at radius 1 is 1.16 bits per heavy atom. The van der Waals surface area contributed by atoms with Gasteiger partial charge in [0.1, 0.15) is 0 Å². The SMILES string of the molecule is CN(C)CCN.COc1ncc(-c2ccc3nc4c(cc3c2)c(=O)n2n4CC3(CC2)OCCO3)cc1S. The zero-order valence-corrected chi connectivity index (χ0v) is 22.2. The first-order valence-corrected chi connectivity index (χ1v) is 12.7. The van der Waals surface area contributed by atoms with Crippen molar-refractivity contribution >= 4 is 34.6 Å². The molecule has 10 nitrogen and oxygen atoms in total. The second-order valence-corrected chi connectivity index (χ2v) is 9.94. The largest absolute Gasteiger partial charge is 0.480 e. The van der Waals surface area contributed by atoms with Crippen molar-refractivity contribution in [3.63, 3.8) is 0 Å². The lowest BCUT2D eigenvalue weighted by Crippen LogP contribution is -2.45. The second kappa shape index (κ2) is 10.4. The molecule has 11 heteroatoms. The molecule has 37 heavy (non-hydrogen) atoms. The lowest BCUT2D eigenvalue weighted by atomic mass is 10.0. The van der Waals surface area contributed by atoms with E-state index in [0.717, 1.165) is 35.1 Å². The zero-order valence-electron chi connectivity index (χ0n) is 21.3. The molecule has 6 rings (SSSR count). The van der Waals surface area contributed by atoms with Crippen molar-refractivity contribution in [1.82, 2.24) is 24.2 Å². The van der Waals surface area contributed by atoms with Gasteiger partial charge >= 0.3 is 0 Å². The fourth-order valence-corrected chi connectivity index (χ4v) is 5.06. The Labute approximate surface area is 220 Å². The average Bonchev–Trinajstić information content (AvgIpc) is 3.44. The molecule has 3 aromatic heterocycles. The maximum atomic E-state index is 13.1. The van der Waals surface area contributed by atoms with Crippen LogP contribution in [0.1, 0.15) is 6.42 Å². The Morgan fingerprint density at radius 2 is 1.95 bits per heavy atom. The van der Waals surface area contributed by atoms with Gasteiger partial charge in [0.05, 0.1) is 42.7 Å². The van der Waals surface area contributed by atoms with Gasteiger partial charge in [0.2, 0.25) is 5.88 Å². The van der Waals surface area contributed by atoms with E-state index in [1.807, 2.05) is 49.1 Å². The fourth-order valence-electron chi connectivity index (χ4n) is 4.78. The molecule has 4 aromatic rings. The lowest BCUT2D eigenvalue weighted by Gasteiger charge is -2.33. The van der Waals surface area contributed by atoms with E-state index in [4.69, 9.17) is 24.9 Å². The third-order valence-corrected chi connectivity index (χ3v) is 6.96. The highest BCUT2D eigenvalue weighted by atomic mass is 32.1. The minimum absolute atomic E-state index is 0.0357. The molecule has 1 aromatic carbocycles. The summed E-state index contributed by atoms with van der Waals surface area (Å²) in [7, 11) is 5.58. The predicted octanol–water partition coefficient (Wildman–Crippen LogP) is 2.36. The number of aromatic nitrogens is 4. The van der Waals surface area contributed by atoms with Gasteiger partial charge in [0.15, 0.2) is 11.4 Å². The van der Waals surface area contributed by atoms with E-state index < -0.39 is 5.79 Å². The molecular formula is C26H32N6O4S. The number of pyridine rings is 2. The van der Waals surface area contributed by atoms with Gasteiger partial charge in [0, 0.05) is 43.2 Å². The molecule has 1 spiro atoms. The molecule has 0 saturated carbocycles. The van der Waals surface area contributed by atoms with Crippen LogP contribution in [0.5, 0.6) is 5.88 Å². The van der Waals surface area contributed by atoms with E-state index in [1.165, 1.54) is 0 Å². The molecule has 0 radical (unpaired) electrons. The van der Waals surface area contributed by atoms with Crippen molar-refractivity contribution in [3.05, 3.63) is 46.9 Å². The fraction of sp³-hybridized carbons (Fsp3) is 0.423. The van der Waals surface area contributed by atoms with Gasteiger partial charge in [-0.1, -0.05) is 6.07 Å². The van der Waals surface area contributed by atoms with Crippen LogP contribution in [-0.2, 0) is 22.6 Å². The quantitative estimate of drug-likeness (QED) is 0.392. The molecule has 0 bridgehead atoms. The summed E-state index contributed by atoms with van der Waals surface area (Å²) < 4.78 is 20.6. The molecule has 1 saturated heterocycles. The molecule has 0 unspecified atom stereocenters. The summed E-state index contributed by atoms with van der Waals surface area (Å²) >= 11 is 4.44. The van der Waals surface area contributed by atoms with Gasteiger partial charge in [-0.3, -0.25) is 9.48 Å². The Hall–Kier alpha value is -2.96. The van der Waals surface area contributed by atoms with Gasteiger partial charge in [-0.2, -0.15) is 0 Å². The van der Waals surface area contributed by atoms with Crippen molar-refractivity contribution in [2.45, 2.75) is 30.2 Å². The minimum Gasteiger partial charge on any atom is -0.480 e. The van der Waals surface area contributed by atoms with Gasteiger partial charge in [-0.05, 0) is 43.9 Å². The molecule has 2 aliphatic heterocycles. The molecule has 0 atom stereocenters. The van der Waals surface area contributed by atoms with Crippen LogP contribution in [0.25, 0.3) is 33.1 Å². The summed E-state index contributed by atoms with van der Waals surface area (Å²) in [5, 5.41) is 1.49. The Bertz CT molecular complexity index is 1490. The highest BCUT2D eigenvalue weighted by molar-refractivity contribution is 7.80. The number of likely N-dealkylation sites (N-methyl/N-ethyl adjacent to an activating group) is 1. The van der Waals surface area contributed by atoms with Gasteiger partial charge in [-0.15, -0.1) is 12.6 Å². The minimum atomic E-state index is -0.648. The monoisotopic (exact) mass is 524 g/mol. The summed E-state index contributed by atoms with van der Waals surface area (Å²) in [6, 6.07) is 9.80. The van der Waals surface area contributed by atoms with E-state index in [0.29, 0.717) is 54.5 Å².